The minimum atomic E-state index is -0.361. The van der Waals surface area contributed by atoms with Crippen molar-refractivity contribution in [3.63, 3.8) is 0 Å². The van der Waals surface area contributed by atoms with Crippen molar-refractivity contribution in [2.45, 2.75) is 18.7 Å². The van der Waals surface area contributed by atoms with Gasteiger partial charge < -0.3 is 24.1 Å². The molecule has 0 radical (unpaired) electrons. The molecule has 0 unspecified atom stereocenters. The first-order chi connectivity index (χ1) is 15.7. The number of aromatic nitrogens is 2. The topological polar surface area (TPSA) is 78.2 Å². The maximum atomic E-state index is 10.1. The van der Waals surface area contributed by atoms with E-state index in [0.29, 0.717) is 31.2 Å². The maximum absolute atomic E-state index is 10.1. The molecular formula is C24H29N3O5. The number of morpholine rings is 1. The third kappa shape index (κ3) is 4.43. The highest BCUT2D eigenvalue weighted by atomic mass is 16.5. The van der Waals surface area contributed by atoms with Crippen LogP contribution in [0.25, 0.3) is 5.69 Å². The molecule has 3 aromatic rings. The van der Waals surface area contributed by atoms with Crippen LogP contribution in [0.15, 0.2) is 54.9 Å². The van der Waals surface area contributed by atoms with Crippen LogP contribution in [0.4, 0.5) is 0 Å². The van der Waals surface area contributed by atoms with E-state index >= 15 is 0 Å². The molecule has 1 aliphatic rings. The summed E-state index contributed by atoms with van der Waals surface area (Å²) in [5.74, 6) is 2.09. The van der Waals surface area contributed by atoms with E-state index < -0.39 is 0 Å². The van der Waals surface area contributed by atoms with E-state index in [1.165, 1.54) is 0 Å². The van der Waals surface area contributed by atoms with Crippen molar-refractivity contribution in [3.05, 3.63) is 66.0 Å². The van der Waals surface area contributed by atoms with Crippen LogP contribution in [0.1, 0.15) is 17.2 Å². The molecule has 0 bridgehead atoms. The Balaban J connectivity index is 1.72. The van der Waals surface area contributed by atoms with E-state index in [1.807, 2.05) is 53.3 Å². The summed E-state index contributed by atoms with van der Waals surface area (Å²) >= 11 is 0. The standard InChI is InChI=1S/C24H29N3O5/c1-29-19-6-7-20(27-10-4-9-25-27)18(13-19)15-26-11-12-32-23(16-28)24(26)17-5-8-21(30-2)22(14-17)31-3/h4-10,13-14,23-24,28H,11-12,15-16H2,1-3H3/t23-,24-/m1/s1. The lowest BCUT2D eigenvalue weighted by atomic mass is 9.96. The summed E-state index contributed by atoms with van der Waals surface area (Å²) in [5.41, 5.74) is 3.04. The highest BCUT2D eigenvalue weighted by molar-refractivity contribution is 5.46. The Bertz CT molecular complexity index is 1020. The summed E-state index contributed by atoms with van der Waals surface area (Å²) in [6.07, 6.45) is 3.32. The van der Waals surface area contributed by atoms with Gasteiger partial charge in [-0.1, -0.05) is 6.07 Å². The number of methoxy groups -OCH3 is 3. The van der Waals surface area contributed by atoms with Crippen LogP contribution in [0, 0.1) is 0 Å². The number of hydrogen-bond donors (Lipinski definition) is 1. The molecule has 1 N–H and O–H groups in total. The van der Waals surface area contributed by atoms with Gasteiger partial charge in [0.05, 0.1) is 46.3 Å². The first-order valence-electron chi connectivity index (χ1n) is 10.5. The van der Waals surface area contributed by atoms with Gasteiger partial charge in [-0.25, -0.2) is 4.68 Å². The number of ether oxygens (including phenoxy) is 4. The number of hydrogen-bond acceptors (Lipinski definition) is 7. The minimum Gasteiger partial charge on any atom is -0.497 e. The van der Waals surface area contributed by atoms with E-state index in [4.69, 9.17) is 18.9 Å². The number of aliphatic hydroxyl groups excluding tert-OH is 1. The van der Waals surface area contributed by atoms with Crippen molar-refractivity contribution in [3.8, 4) is 22.9 Å². The Labute approximate surface area is 187 Å². The molecule has 8 heteroatoms. The Morgan fingerprint density at radius 1 is 1.06 bits per heavy atom. The van der Waals surface area contributed by atoms with Crippen molar-refractivity contribution in [2.75, 3.05) is 41.1 Å². The van der Waals surface area contributed by atoms with Crippen molar-refractivity contribution < 1.29 is 24.1 Å². The van der Waals surface area contributed by atoms with Gasteiger partial charge in [-0.15, -0.1) is 0 Å². The molecule has 2 aromatic carbocycles. The number of nitrogens with zero attached hydrogens (tertiary/aromatic N) is 3. The van der Waals surface area contributed by atoms with Crippen molar-refractivity contribution in [1.29, 1.82) is 0 Å². The fourth-order valence-corrected chi connectivity index (χ4v) is 4.25. The fraction of sp³-hybridized carbons (Fsp3) is 0.375. The van der Waals surface area contributed by atoms with E-state index in [-0.39, 0.29) is 18.8 Å². The average molecular weight is 440 g/mol. The smallest absolute Gasteiger partial charge is 0.161 e. The van der Waals surface area contributed by atoms with Crippen molar-refractivity contribution in [2.24, 2.45) is 0 Å². The summed E-state index contributed by atoms with van der Waals surface area (Å²) in [6.45, 7) is 1.80. The van der Waals surface area contributed by atoms with Gasteiger partial charge in [0.15, 0.2) is 11.5 Å². The van der Waals surface area contributed by atoms with Gasteiger partial charge in [-0.05, 0) is 47.5 Å². The average Bonchev–Trinajstić information content (AvgIpc) is 3.38. The highest BCUT2D eigenvalue weighted by Crippen LogP contribution is 2.37. The Morgan fingerprint density at radius 3 is 2.59 bits per heavy atom. The molecule has 0 spiro atoms. The van der Waals surface area contributed by atoms with Crippen molar-refractivity contribution in [1.82, 2.24) is 14.7 Å². The van der Waals surface area contributed by atoms with Crippen molar-refractivity contribution >= 4 is 0 Å². The van der Waals surface area contributed by atoms with Crippen LogP contribution in [0.3, 0.4) is 0 Å². The van der Waals surface area contributed by atoms with Gasteiger partial charge in [0.25, 0.3) is 0 Å². The molecule has 4 rings (SSSR count). The predicted octanol–water partition coefficient (Wildman–Crippen LogP) is 2.83. The number of aliphatic hydroxyl groups is 1. The summed E-state index contributed by atoms with van der Waals surface area (Å²) in [6, 6.07) is 13.5. The summed E-state index contributed by atoms with van der Waals surface area (Å²) in [7, 11) is 4.90. The Kier molecular flexibility index (Phi) is 6.94. The second kappa shape index (κ2) is 10.0. The van der Waals surface area contributed by atoms with Gasteiger partial charge >= 0.3 is 0 Å². The normalized spacial score (nSPS) is 19.0. The lowest BCUT2D eigenvalue weighted by Gasteiger charge is -2.41. The van der Waals surface area contributed by atoms with Gasteiger partial charge in [0.1, 0.15) is 11.9 Å². The maximum Gasteiger partial charge on any atom is 0.161 e. The van der Waals surface area contributed by atoms with Gasteiger partial charge in [-0.2, -0.15) is 5.10 Å². The molecule has 170 valence electrons. The second-order valence-corrected chi connectivity index (χ2v) is 7.57. The summed E-state index contributed by atoms with van der Waals surface area (Å²) in [5, 5.41) is 14.5. The van der Waals surface area contributed by atoms with Crippen LogP contribution in [0.2, 0.25) is 0 Å². The van der Waals surface area contributed by atoms with E-state index in [0.717, 1.165) is 22.6 Å². The Morgan fingerprint density at radius 2 is 1.91 bits per heavy atom. The molecule has 1 fully saturated rings. The SMILES string of the molecule is COc1ccc(-n2cccn2)c(CN2CCO[C@H](CO)[C@H]2c2ccc(OC)c(OC)c2)c1. The zero-order valence-corrected chi connectivity index (χ0v) is 18.6. The highest BCUT2D eigenvalue weighted by Gasteiger charge is 2.34. The van der Waals surface area contributed by atoms with Gasteiger partial charge in [-0.3, -0.25) is 4.90 Å². The molecule has 2 heterocycles. The molecule has 1 saturated heterocycles. The molecule has 0 aliphatic carbocycles. The monoisotopic (exact) mass is 439 g/mol. The fourth-order valence-electron chi connectivity index (χ4n) is 4.25. The van der Waals surface area contributed by atoms with E-state index in [2.05, 4.69) is 10.00 Å². The first-order valence-corrected chi connectivity index (χ1v) is 10.5. The number of benzene rings is 2. The lowest BCUT2D eigenvalue weighted by Crippen LogP contribution is -2.46. The zero-order valence-electron chi connectivity index (χ0n) is 18.6. The van der Waals surface area contributed by atoms with Crippen LogP contribution >= 0.6 is 0 Å². The molecule has 1 aliphatic heterocycles. The zero-order chi connectivity index (χ0) is 22.5. The summed E-state index contributed by atoms with van der Waals surface area (Å²) in [4.78, 5) is 2.31. The second-order valence-electron chi connectivity index (χ2n) is 7.57. The molecule has 0 saturated carbocycles. The van der Waals surface area contributed by atoms with Crippen LogP contribution in [-0.2, 0) is 11.3 Å². The third-order valence-electron chi connectivity index (χ3n) is 5.80. The molecule has 8 nitrogen and oxygen atoms in total. The van der Waals surface area contributed by atoms with E-state index in [1.54, 1.807) is 27.5 Å². The molecular weight excluding hydrogens is 410 g/mol. The Hall–Kier alpha value is -3.07. The molecule has 2 atom stereocenters. The van der Waals surface area contributed by atoms with Crippen LogP contribution in [-0.4, -0.2) is 67.0 Å². The summed E-state index contributed by atoms with van der Waals surface area (Å²) < 4.78 is 24.2. The largest absolute Gasteiger partial charge is 0.497 e. The predicted molar refractivity (Wildman–Crippen MR) is 120 cm³/mol. The van der Waals surface area contributed by atoms with E-state index in [9.17, 15) is 5.11 Å². The molecule has 1 aromatic heterocycles. The van der Waals surface area contributed by atoms with Crippen LogP contribution < -0.4 is 14.2 Å². The van der Waals surface area contributed by atoms with Gasteiger partial charge in [0.2, 0.25) is 0 Å². The quantitative estimate of drug-likeness (QED) is 0.578. The third-order valence-corrected chi connectivity index (χ3v) is 5.80. The van der Waals surface area contributed by atoms with Gasteiger partial charge in [0, 0.05) is 25.5 Å². The minimum absolute atomic E-state index is 0.0837. The number of rotatable bonds is 8. The molecule has 32 heavy (non-hydrogen) atoms. The molecule has 0 amide bonds. The van der Waals surface area contributed by atoms with Crippen LogP contribution in [0.5, 0.6) is 17.2 Å². The first kappa shape index (κ1) is 22.1. The lowest BCUT2D eigenvalue weighted by molar-refractivity contribution is -0.0961.